The molecule has 116 valence electrons. The van der Waals surface area contributed by atoms with Crippen molar-refractivity contribution in [3.05, 3.63) is 29.8 Å². The average Bonchev–Trinajstić information content (AvgIpc) is 3.34. The number of piperazine rings is 1. The molecule has 3 nitrogen and oxygen atoms in total. The summed E-state index contributed by atoms with van der Waals surface area (Å²) >= 11 is 0. The second-order valence-electron chi connectivity index (χ2n) is 6.57. The lowest BCUT2D eigenvalue weighted by molar-refractivity contribution is 0.248. The first-order chi connectivity index (χ1) is 10.3. The van der Waals surface area contributed by atoms with Gasteiger partial charge in [-0.25, -0.2) is 0 Å². The molecule has 1 atom stereocenters. The van der Waals surface area contributed by atoms with Crippen LogP contribution < -0.4 is 10.2 Å². The maximum atomic E-state index is 3.38. The summed E-state index contributed by atoms with van der Waals surface area (Å²) in [5, 5.41) is 3.38. The summed E-state index contributed by atoms with van der Waals surface area (Å²) in [5.41, 5.74) is 2.78. The topological polar surface area (TPSA) is 18.5 Å². The first kappa shape index (κ1) is 14.9. The molecule has 3 heteroatoms. The smallest absolute Gasteiger partial charge is 0.0367 e. The SMILES string of the molecule is CCC(NC)c1ccc(N2CCN(CC3CC3)CC2)cc1. The molecule has 0 spiro atoms. The van der Waals surface area contributed by atoms with Crippen molar-refractivity contribution >= 4 is 5.69 Å². The molecule has 0 aromatic heterocycles. The van der Waals surface area contributed by atoms with Gasteiger partial charge < -0.3 is 10.2 Å². The number of anilines is 1. The van der Waals surface area contributed by atoms with Crippen LogP contribution in [0.2, 0.25) is 0 Å². The Morgan fingerprint density at radius 2 is 1.76 bits per heavy atom. The van der Waals surface area contributed by atoms with Crippen LogP contribution in [0.5, 0.6) is 0 Å². The van der Waals surface area contributed by atoms with Crippen molar-refractivity contribution < 1.29 is 0 Å². The van der Waals surface area contributed by atoms with E-state index in [0.29, 0.717) is 6.04 Å². The van der Waals surface area contributed by atoms with Gasteiger partial charge in [-0.1, -0.05) is 19.1 Å². The number of nitrogens with zero attached hydrogens (tertiary/aromatic N) is 2. The highest BCUT2D eigenvalue weighted by atomic mass is 15.3. The normalized spacial score (nSPS) is 21.5. The standard InChI is InChI=1S/C18H29N3/c1-3-18(19-2)16-6-8-17(9-7-16)21-12-10-20(11-13-21)14-15-4-5-15/h6-9,15,18-19H,3-5,10-14H2,1-2H3. The Morgan fingerprint density at radius 3 is 2.29 bits per heavy atom. The minimum atomic E-state index is 0.481. The van der Waals surface area contributed by atoms with E-state index in [4.69, 9.17) is 0 Å². The fourth-order valence-corrected chi connectivity index (χ4v) is 3.38. The van der Waals surface area contributed by atoms with Crippen molar-refractivity contribution in [3.8, 4) is 0 Å². The van der Waals surface area contributed by atoms with E-state index in [1.165, 1.54) is 56.8 Å². The van der Waals surface area contributed by atoms with Gasteiger partial charge in [0.2, 0.25) is 0 Å². The predicted molar refractivity (Wildman–Crippen MR) is 89.9 cm³/mol. The van der Waals surface area contributed by atoms with Crippen LogP contribution in [-0.4, -0.2) is 44.7 Å². The van der Waals surface area contributed by atoms with Gasteiger partial charge in [-0.05, 0) is 49.9 Å². The van der Waals surface area contributed by atoms with Crippen molar-refractivity contribution in [2.75, 3.05) is 44.7 Å². The van der Waals surface area contributed by atoms with Crippen LogP contribution >= 0.6 is 0 Å². The molecule has 1 saturated heterocycles. The monoisotopic (exact) mass is 287 g/mol. The highest BCUT2D eigenvalue weighted by molar-refractivity contribution is 5.48. The van der Waals surface area contributed by atoms with E-state index in [2.05, 4.69) is 46.3 Å². The summed E-state index contributed by atoms with van der Waals surface area (Å²) in [6, 6.07) is 9.65. The minimum absolute atomic E-state index is 0.481. The fourth-order valence-electron chi connectivity index (χ4n) is 3.38. The summed E-state index contributed by atoms with van der Waals surface area (Å²) in [6.07, 6.45) is 4.06. The van der Waals surface area contributed by atoms with E-state index in [-0.39, 0.29) is 0 Å². The van der Waals surface area contributed by atoms with Crippen molar-refractivity contribution in [1.29, 1.82) is 0 Å². The van der Waals surface area contributed by atoms with Crippen LogP contribution in [0.15, 0.2) is 24.3 Å². The van der Waals surface area contributed by atoms with Crippen molar-refractivity contribution in [3.63, 3.8) is 0 Å². The van der Waals surface area contributed by atoms with Crippen molar-refractivity contribution in [1.82, 2.24) is 10.2 Å². The third kappa shape index (κ3) is 3.78. The van der Waals surface area contributed by atoms with E-state index in [0.717, 1.165) is 12.3 Å². The molecule has 1 aromatic rings. The summed E-state index contributed by atoms with van der Waals surface area (Å²) in [7, 11) is 2.04. The van der Waals surface area contributed by atoms with Gasteiger partial charge >= 0.3 is 0 Å². The molecule has 2 aliphatic rings. The molecular weight excluding hydrogens is 258 g/mol. The molecule has 0 amide bonds. The van der Waals surface area contributed by atoms with Crippen LogP contribution in [0.1, 0.15) is 37.8 Å². The molecule has 1 saturated carbocycles. The lowest BCUT2D eigenvalue weighted by Crippen LogP contribution is -2.47. The molecular formula is C18H29N3. The van der Waals surface area contributed by atoms with Crippen LogP contribution in [0.4, 0.5) is 5.69 Å². The Bertz CT molecular complexity index is 426. The lowest BCUT2D eigenvalue weighted by atomic mass is 10.0. The number of rotatable bonds is 6. The fraction of sp³-hybridized carbons (Fsp3) is 0.667. The Kier molecular flexibility index (Phi) is 4.81. The van der Waals surface area contributed by atoms with Gasteiger partial charge in [0.05, 0.1) is 0 Å². The van der Waals surface area contributed by atoms with Gasteiger partial charge in [0.25, 0.3) is 0 Å². The number of nitrogens with one attached hydrogen (secondary N) is 1. The van der Waals surface area contributed by atoms with E-state index in [9.17, 15) is 0 Å². The van der Waals surface area contributed by atoms with Gasteiger partial charge in [-0.2, -0.15) is 0 Å². The molecule has 1 aromatic carbocycles. The highest BCUT2D eigenvalue weighted by Crippen LogP contribution is 2.30. The van der Waals surface area contributed by atoms with Gasteiger partial charge in [0, 0.05) is 44.5 Å². The number of benzene rings is 1. The molecule has 21 heavy (non-hydrogen) atoms. The Hall–Kier alpha value is -1.06. The minimum Gasteiger partial charge on any atom is -0.369 e. The highest BCUT2D eigenvalue weighted by Gasteiger charge is 2.26. The zero-order valence-corrected chi connectivity index (χ0v) is 13.5. The predicted octanol–water partition coefficient (Wildman–Crippen LogP) is 2.89. The third-order valence-corrected chi connectivity index (χ3v) is 5.00. The van der Waals surface area contributed by atoms with Gasteiger partial charge in [0.1, 0.15) is 0 Å². The van der Waals surface area contributed by atoms with E-state index >= 15 is 0 Å². The zero-order chi connectivity index (χ0) is 14.7. The van der Waals surface area contributed by atoms with Crippen LogP contribution in [0.3, 0.4) is 0 Å². The van der Waals surface area contributed by atoms with Crippen molar-refractivity contribution in [2.45, 2.75) is 32.2 Å². The Labute approximate surface area is 129 Å². The molecule has 1 N–H and O–H groups in total. The largest absolute Gasteiger partial charge is 0.369 e. The Morgan fingerprint density at radius 1 is 1.10 bits per heavy atom. The third-order valence-electron chi connectivity index (χ3n) is 5.00. The molecule has 0 bridgehead atoms. The molecule has 1 aliphatic heterocycles. The second-order valence-corrected chi connectivity index (χ2v) is 6.57. The number of hydrogen-bond acceptors (Lipinski definition) is 3. The summed E-state index contributed by atoms with van der Waals surface area (Å²) in [6.45, 7) is 8.38. The zero-order valence-electron chi connectivity index (χ0n) is 13.5. The summed E-state index contributed by atoms with van der Waals surface area (Å²) in [4.78, 5) is 5.18. The quantitative estimate of drug-likeness (QED) is 0.868. The molecule has 1 aliphatic carbocycles. The van der Waals surface area contributed by atoms with Gasteiger partial charge in [0.15, 0.2) is 0 Å². The average molecular weight is 287 g/mol. The molecule has 3 rings (SSSR count). The Balaban J connectivity index is 1.54. The van der Waals surface area contributed by atoms with E-state index in [1.807, 2.05) is 7.05 Å². The van der Waals surface area contributed by atoms with Crippen LogP contribution in [0.25, 0.3) is 0 Å². The van der Waals surface area contributed by atoms with Crippen molar-refractivity contribution in [2.24, 2.45) is 5.92 Å². The molecule has 2 fully saturated rings. The molecule has 1 heterocycles. The summed E-state index contributed by atoms with van der Waals surface area (Å²) < 4.78 is 0. The van der Waals surface area contributed by atoms with Gasteiger partial charge in [-0.3, -0.25) is 4.90 Å². The van der Waals surface area contributed by atoms with E-state index < -0.39 is 0 Å². The first-order valence-corrected chi connectivity index (χ1v) is 8.54. The molecule has 0 radical (unpaired) electrons. The number of hydrogen-bond donors (Lipinski definition) is 1. The summed E-state index contributed by atoms with van der Waals surface area (Å²) in [5.74, 6) is 1.02. The van der Waals surface area contributed by atoms with Crippen LogP contribution in [0, 0.1) is 5.92 Å². The molecule has 1 unspecified atom stereocenters. The van der Waals surface area contributed by atoms with Crippen LogP contribution in [-0.2, 0) is 0 Å². The van der Waals surface area contributed by atoms with E-state index in [1.54, 1.807) is 0 Å². The first-order valence-electron chi connectivity index (χ1n) is 8.54. The van der Waals surface area contributed by atoms with Gasteiger partial charge in [-0.15, -0.1) is 0 Å². The lowest BCUT2D eigenvalue weighted by Gasteiger charge is -2.36. The maximum Gasteiger partial charge on any atom is 0.0367 e. The second kappa shape index (κ2) is 6.80. The maximum absolute atomic E-state index is 3.38.